The van der Waals surface area contributed by atoms with Crippen LogP contribution in [0.1, 0.15) is 35.2 Å². The topological polar surface area (TPSA) is 61.4 Å². The molecule has 3 N–H and O–H groups in total. The predicted octanol–water partition coefficient (Wildman–Crippen LogP) is 2.55. The minimum Gasteiger partial charge on any atom is -0.392 e. The summed E-state index contributed by atoms with van der Waals surface area (Å²) < 4.78 is 14.1. The molecule has 2 atom stereocenters. The zero-order valence-electron chi connectivity index (χ0n) is 12.0. The molecule has 0 bridgehead atoms. The second kappa shape index (κ2) is 5.04. The molecule has 0 aromatic heterocycles. The van der Waals surface area contributed by atoms with Crippen LogP contribution in [0.3, 0.4) is 0 Å². The first-order valence-corrected chi connectivity index (χ1v) is 7.61. The number of aliphatic hydroxyl groups is 1. The van der Waals surface area contributed by atoms with Crippen molar-refractivity contribution in [3.05, 3.63) is 41.2 Å². The Morgan fingerprint density at radius 3 is 2.95 bits per heavy atom. The number of aliphatic hydroxyl groups excluding tert-OH is 1. The Kier molecular flexibility index (Phi) is 3.13. The summed E-state index contributed by atoms with van der Waals surface area (Å²) >= 11 is 0. The maximum atomic E-state index is 14.1. The maximum Gasteiger partial charge on any atom is 0.256 e. The summed E-state index contributed by atoms with van der Waals surface area (Å²) in [5.41, 5.74) is 2.05. The van der Waals surface area contributed by atoms with E-state index in [1.165, 1.54) is 6.07 Å². The van der Waals surface area contributed by atoms with Gasteiger partial charge < -0.3 is 15.7 Å². The van der Waals surface area contributed by atoms with Gasteiger partial charge in [0, 0.05) is 29.0 Å². The van der Waals surface area contributed by atoms with Crippen molar-refractivity contribution >= 4 is 22.4 Å². The van der Waals surface area contributed by atoms with Gasteiger partial charge in [0.15, 0.2) is 0 Å². The second-order valence-electron chi connectivity index (χ2n) is 6.10. The molecule has 22 heavy (non-hydrogen) atoms. The highest BCUT2D eigenvalue weighted by atomic mass is 19.1. The molecule has 1 saturated carbocycles. The van der Waals surface area contributed by atoms with Crippen molar-refractivity contribution < 1.29 is 14.3 Å². The lowest BCUT2D eigenvalue weighted by Gasteiger charge is -2.16. The van der Waals surface area contributed by atoms with Gasteiger partial charge in [-0.15, -0.1) is 0 Å². The standard InChI is InChI=1S/C17H17FN2O2/c18-12-4-5-14-16-10(12)6-9(7-11(16)17(22)20-14)8-19-13-2-1-3-15(13)21/h4-7,13,15,19,21H,1-3,8H2,(H,20,22)/t13-,15+/m1/s1. The lowest BCUT2D eigenvalue weighted by Crippen LogP contribution is -2.35. The van der Waals surface area contributed by atoms with Gasteiger partial charge in [0.25, 0.3) is 5.91 Å². The van der Waals surface area contributed by atoms with E-state index in [0.717, 1.165) is 24.8 Å². The minimum atomic E-state index is -0.320. The Hall–Kier alpha value is -1.98. The number of benzene rings is 2. The van der Waals surface area contributed by atoms with Crippen molar-refractivity contribution in [2.75, 3.05) is 5.32 Å². The number of amides is 1. The highest BCUT2D eigenvalue weighted by Gasteiger charge is 2.26. The fourth-order valence-corrected chi connectivity index (χ4v) is 3.51. The SMILES string of the molecule is O=C1Nc2ccc(F)c3cc(CN[C@@H]4CCC[C@@H]4O)cc1c23. The zero-order chi connectivity index (χ0) is 15.3. The van der Waals surface area contributed by atoms with Gasteiger partial charge in [-0.3, -0.25) is 4.79 Å². The molecule has 4 nitrogen and oxygen atoms in total. The van der Waals surface area contributed by atoms with E-state index in [2.05, 4.69) is 10.6 Å². The largest absolute Gasteiger partial charge is 0.392 e. The van der Waals surface area contributed by atoms with Crippen molar-refractivity contribution in [3.8, 4) is 0 Å². The first-order valence-electron chi connectivity index (χ1n) is 7.61. The van der Waals surface area contributed by atoms with Crippen LogP contribution in [0.5, 0.6) is 0 Å². The van der Waals surface area contributed by atoms with Crippen molar-refractivity contribution in [3.63, 3.8) is 0 Å². The van der Waals surface area contributed by atoms with Crippen molar-refractivity contribution in [2.45, 2.75) is 38.0 Å². The first kappa shape index (κ1) is 13.7. The van der Waals surface area contributed by atoms with E-state index < -0.39 is 0 Å². The Labute approximate surface area is 127 Å². The van der Waals surface area contributed by atoms with E-state index in [1.807, 2.05) is 6.07 Å². The molecule has 1 fully saturated rings. The van der Waals surface area contributed by atoms with Crippen molar-refractivity contribution in [1.82, 2.24) is 5.32 Å². The summed E-state index contributed by atoms with van der Waals surface area (Å²) in [6.45, 7) is 0.515. The average molecular weight is 300 g/mol. The van der Waals surface area contributed by atoms with Crippen LogP contribution in [0, 0.1) is 5.82 Å². The van der Waals surface area contributed by atoms with E-state index >= 15 is 0 Å². The maximum absolute atomic E-state index is 14.1. The highest BCUT2D eigenvalue weighted by Crippen LogP contribution is 2.35. The van der Waals surface area contributed by atoms with Crippen LogP contribution in [0.25, 0.3) is 10.8 Å². The summed E-state index contributed by atoms with van der Waals surface area (Å²) in [4.78, 5) is 12.0. The van der Waals surface area contributed by atoms with E-state index in [4.69, 9.17) is 0 Å². The minimum absolute atomic E-state index is 0.0780. The molecule has 4 rings (SSSR count). The Balaban J connectivity index is 1.69. The molecular weight excluding hydrogens is 283 g/mol. The Bertz CT molecular complexity index is 775. The number of rotatable bonds is 3. The summed E-state index contributed by atoms with van der Waals surface area (Å²) in [6.07, 6.45) is 2.46. The molecule has 2 aliphatic rings. The monoisotopic (exact) mass is 300 g/mol. The highest BCUT2D eigenvalue weighted by molar-refractivity contribution is 6.24. The molecule has 2 aromatic rings. The zero-order valence-corrected chi connectivity index (χ0v) is 12.0. The third-order valence-corrected chi connectivity index (χ3v) is 4.66. The number of hydrogen-bond donors (Lipinski definition) is 3. The van der Waals surface area contributed by atoms with Crippen LogP contribution < -0.4 is 10.6 Å². The van der Waals surface area contributed by atoms with Gasteiger partial charge in [-0.1, -0.05) is 0 Å². The lowest BCUT2D eigenvalue weighted by molar-refractivity contribution is 0.103. The van der Waals surface area contributed by atoms with Crippen LogP contribution in [0.15, 0.2) is 24.3 Å². The molecule has 1 aliphatic carbocycles. The number of carbonyl (C=O) groups is 1. The number of halogens is 1. The molecule has 1 heterocycles. The van der Waals surface area contributed by atoms with Crippen LogP contribution in [0.2, 0.25) is 0 Å². The molecule has 2 aromatic carbocycles. The normalized spacial score (nSPS) is 23.3. The third kappa shape index (κ3) is 2.09. The molecule has 1 amide bonds. The Morgan fingerprint density at radius 1 is 1.32 bits per heavy atom. The molecule has 0 radical (unpaired) electrons. The van der Waals surface area contributed by atoms with Gasteiger partial charge >= 0.3 is 0 Å². The molecule has 5 heteroatoms. The van der Waals surface area contributed by atoms with Gasteiger partial charge in [-0.05, 0) is 49.1 Å². The van der Waals surface area contributed by atoms with Crippen LogP contribution in [-0.2, 0) is 6.54 Å². The number of anilines is 1. The average Bonchev–Trinajstić information content (AvgIpc) is 3.06. The molecule has 0 spiro atoms. The smallest absolute Gasteiger partial charge is 0.256 e. The van der Waals surface area contributed by atoms with E-state index in [0.29, 0.717) is 28.6 Å². The fraction of sp³-hybridized carbons (Fsp3) is 0.353. The number of hydrogen-bond acceptors (Lipinski definition) is 3. The van der Waals surface area contributed by atoms with Crippen molar-refractivity contribution in [2.24, 2.45) is 0 Å². The van der Waals surface area contributed by atoms with Gasteiger partial charge in [-0.25, -0.2) is 4.39 Å². The third-order valence-electron chi connectivity index (χ3n) is 4.66. The molecule has 1 aliphatic heterocycles. The van der Waals surface area contributed by atoms with E-state index in [-0.39, 0.29) is 23.9 Å². The number of carbonyl (C=O) groups excluding carboxylic acids is 1. The molecule has 114 valence electrons. The second-order valence-corrected chi connectivity index (χ2v) is 6.10. The van der Waals surface area contributed by atoms with Crippen LogP contribution >= 0.6 is 0 Å². The number of nitrogens with one attached hydrogen (secondary N) is 2. The summed E-state index contributed by atoms with van der Waals surface area (Å²) in [5.74, 6) is -0.507. The van der Waals surface area contributed by atoms with Gasteiger partial charge in [0.05, 0.1) is 11.7 Å². The van der Waals surface area contributed by atoms with Crippen LogP contribution in [0.4, 0.5) is 10.1 Å². The predicted molar refractivity (Wildman–Crippen MR) is 82.3 cm³/mol. The summed E-state index contributed by atoms with van der Waals surface area (Å²) in [7, 11) is 0. The summed E-state index contributed by atoms with van der Waals surface area (Å²) in [5, 5.41) is 17.1. The molecular formula is C17H17FN2O2. The quantitative estimate of drug-likeness (QED) is 0.816. The van der Waals surface area contributed by atoms with Gasteiger partial charge in [0.1, 0.15) is 5.82 Å². The first-order chi connectivity index (χ1) is 10.6. The molecule has 0 unspecified atom stereocenters. The van der Waals surface area contributed by atoms with Crippen LogP contribution in [-0.4, -0.2) is 23.2 Å². The van der Waals surface area contributed by atoms with E-state index in [1.54, 1.807) is 12.1 Å². The van der Waals surface area contributed by atoms with Gasteiger partial charge in [0.2, 0.25) is 0 Å². The van der Waals surface area contributed by atoms with Gasteiger partial charge in [-0.2, -0.15) is 0 Å². The fourth-order valence-electron chi connectivity index (χ4n) is 3.51. The lowest BCUT2D eigenvalue weighted by atomic mass is 10.0. The Morgan fingerprint density at radius 2 is 2.18 bits per heavy atom. The van der Waals surface area contributed by atoms with Crippen molar-refractivity contribution in [1.29, 1.82) is 0 Å². The summed E-state index contributed by atoms with van der Waals surface area (Å²) in [6, 6.07) is 6.65. The molecule has 0 saturated heterocycles. The van der Waals surface area contributed by atoms with E-state index in [9.17, 15) is 14.3 Å².